The summed E-state index contributed by atoms with van der Waals surface area (Å²) in [7, 11) is -4.20. The molecule has 3 aromatic carbocycles. The minimum absolute atomic E-state index is 0.0328. The molecule has 40 heavy (non-hydrogen) atoms. The van der Waals surface area contributed by atoms with Crippen molar-refractivity contribution >= 4 is 43.7 Å². The zero-order chi connectivity index (χ0) is 28.3. The van der Waals surface area contributed by atoms with Crippen molar-refractivity contribution in [2.45, 2.75) is 55.6 Å². The number of fused-ring (bicyclic) bond motifs is 1. The first kappa shape index (κ1) is 28.0. The maximum atomic E-state index is 14.0. The highest BCUT2D eigenvalue weighted by molar-refractivity contribution is 9.10. The second-order valence-corrected chi connectivity index (χ2v) is 12.9. The molecule has 1 fully saturated rings. The van der Waals surface area contributed by atoms with Gasteiger partial charge in [0, 0.05) is 23.5 Å². The molecule has 1 N–H and O–H groups in total. The Morgan fingerprint density at radius 2 is 1.57 bits per heavy atom. The minimum atomic E-state index is -4.20. The van der Waals surface area contributed by atoms with E-state index in [4.69, 9.17) is 0 Å². The lowest BCUT2D eigenvalue weighted by atomic mass is 10.0. The molecule has 0 bridgehead atoms. The molecule has 0 saturated heterocycles. The van der Waals surface area contributed by atoms with Crippen LogP contribution in [0.25, 0.3) is 0 Å². The van der Waals surface area contributed by atoms with E-state index in [0.29, 0.717) is 4.31 Å². The normalized spacial score (nSPS) is 16.9. The number of carbonyl (C=O) groups excluding carboxylic acids is 3. The Kier molecular flexibility index (Phi) is 8.37. The van der Waals surface area contributed by atoms with Crippen molar-refractivity contribution in [3.63, 3.8) is 0 Å². The molecule has 0 aromatic heterocycles. The number of hydrogen-bond acceptors (Lipinski definition) is 5. The summed E-state index contributed by atoms with van der Waals surface area (Å²) >= 11 is 3.42. The van der Waals surface area contributed by atoms with Crippen molar-refractivity contribution in [3.8, 4) is 0 Å². The largest absolute Gasteiger partial charge is 0.352 e. The number of carbonyl (C=O) groups is 3. The number of benzene rings is 3. The van der Waals surface area contributed by atoms with E-state index in [0.717, 1.165) is 41.3 Å². The van der Waals surface area contributed by atoms with Gasteiger partial charge in [0.2, 0.25) is 11.8 Å². The van der Waals surface area contributed by atoms with E-state index in [2.05, 4.69) is 21.2 Å². The van der Waals surface area contributed by atoms with Gasteiger partial charge in [0.25, 0.3) is 15.9 Å². The summed E-state index contributed by atoms with van der Waals surface area (Å²) in [6.45, 7) is -0.634. The molecule has 1 heterocycles. The zero-order valence-corrected chi connectivity index (χ0v) is 24.2. The van der Waals surface area contributed by atoms with Crippen LogP contribution in [-0.2, 0) is 32.6 Å². The summed E-state index contributed by atoms with van der Waals surface area (Å²) in [6, 6.07) is 21.8. The van der Waals surface area contributed by atoms with Crippen molar-refractivity contribution < 1.29 is 22.8 Å². The number of sulfonamides is 1. The van der Waals surface area contributed by atoms with Crippen LogP contribution in [0.5, 0.6) is 0 Å². The quantitative estimate of drug-likeness (QED) is 0.383. The number of rotatable bonds is 9. The maximum Gasteiger partial charge on any atom is 0.269 e. The molecule has 0 unspecified atom stereocenters. The van der Waals surface area contributed by atoms with E-state index < -0.39 is 34.4 Å². The first-order valence-corrected chi connectivity index (χ1v) is 15.5. The van der Waals surface area contributed by atoms with Crippen LogP contribution in [-0.4, -0.2) is 54.0 Å². The molecule has 1 aliphatic heterocycles. The molecular formula is C30H30BrN3O5S. The Morgan fingerprint density at radius 1 is 0.925 bits per heavy atom. The Balaban J connectivity index is 1.49. The van der Waals surface area contributed by atoms with Crippen molar-refractivity contribution in [2.24, 2.45) is 0 Å². The van der Waals surface area contributed by atoms with Crippen LogP contribution in [0, 0.1) is 0 Å². The van der Waals surface area contributed by atoms with E-state index in [-0.39, 0.29) is 35.4 Å². The molecule has 3 amide bonds. The average molecular weight is 625 g/mol. The Bertz CT molecular complexity index is 1510. The van der Waals surface area contributed by atoms with Gasteiger partial charge in [-0.1, -0.05) is 83.4 Å². The van der Waals surface area contributed by atoms with Crippen molar-refractivity contribution in [1.29, 1.82) is 0 Å². The highest BCUT2D eigenvalue weighted by Gasteiger charge is 2.43. The van der Waals surface area contributed by atoms with Crippen molar-refractivity contribution in [2.75, 3.05) is 6.54 Å². The molecule has 10 heteroatoms. The smallest absolute Gasteiger partial charge is 0.269 e. The summed E-state index contributed by atoms with van der Waals surface area (Å²) < 4.78 is 27.9. The molecule has 2 aliphatic rings. The van der Waals surface area contributed by atoms with Gasteiger partial charge in [-0.3, -0.25) is 14.4 Å². The summed E-state index contributed by atoms with van der Waals surface area (Å²) in [4.78, 5) is 42.2. The van der Waals surface area contributed by atoms with Gasteiger partial charge in [-0.25, -0.2) is 12.7 Å². The standard InChI is InChI=1S/C30H30BrN3O5S/c31-23-16-14-22(15-17-23)19-33(28(35)20-34-30(37)25-12-6-7-13-27(25)40(34,38)39)26(18-21-8-2-1-3-9-21)29(36)32-24-10-4-5-11-24/h1-3,6-9,12-17,24,26H,4-5,10-11,18-20H2,(H,32,36)/t26-/m1/s1. The highest BCUT2D eigenvalue weighted by atomic mass is 79.9. The lowest BCUT2D eigenvalue weighted by molar-refractivity contribution is -0.141. The number of nitrogens with one attached hydrogen (secondary N) is 1. The third-order valence-electron chi connectivity index (χ3n) is 7.43. The van der Waals surface area contributed by atoms with Crippen LogP contribution in [0.3, 0.4) is 0 Å². The minimum Gasteiger partial charge on any atom is -0.352 e. The van der Waals surface area contributed by atoms with Crippen LogP contribution in [0.1, 0.15) is 47.2 Å². The number of halogens is 1. The molecule has 0 spiro atoms. The van der Waals surface area contributed by atoms with Gasteiger partial charge < -0.3 is 10.2 Å². The topological polar surface area (TPSA) is 104 Å². The van der Waals surface area contributed by atoms with Gasteiger partial charge in [0.05, 0.1) is 5.56 Å². The lowest BCUT2D eigenvalue weighted by Crippen LogP contribution is -2.54. The second-order valence-electron chi connectivity index (χ2n) is 10.2. The molecule has 1 atom stereocenters. The predicted molar refractivity (Wildman–Crippen MR) is 154 cm³/mol. The molecule has 3 aromatic rings. The molecular weight excluding hydrogens is 594 g/mol. The van der Waals surface area contributed by atoms with E-state index in [9.17, 15) is 22.8 Å². The monoisotopic (exact) mass is 623 g/mol. The molecule has 0 radical (unpaired) electrons. The molecule has 1 saturated carbocycles. The van der Waals surface area contributed by atoms with Gasteiger partial charge >= 0.3 is 0 Å². The SMILES string of the molecule is O=C(NC1CCCC1)[C@@H](Cc1ccccc1)N(Cc1ccc(Br)cc1)C(=O)CN1C(=O)c2ccccc2S1(=O)=O. The Morgan fingerprint density at radius 3 is 2.25 bits per heavy atom. The van der Waals surface area contributed by atoms with E-state index in [1.807, 2.05) is 54.6 Å². The number of amides is 3. The van der Waals surface area contributed by atoms with Gasteiger partial charge in [-0.2, -0.15) is 0 Å². The molecule has 1 aliphatic carbocycles. The average Bonchev–Trinajstić information content (AvgIpc) is 3.53. The fourth-order valence-electron chi connectivity index (χ4n) is 5.31. The maximum absolute atomic E-state index is 14.0. The van der Waals surface area contributed by atoms with Crippen LogP contribution in [0.15, 0.2) is 88.2 Å². The van der Waals surface area contributed by atoms with Crippen LogP contribution >= 0.6 is 15.9 Å². The summed E-state index contributed by atoms with van der Waals surface area (Å²) in [5, 5.41) is 3.12. The van der Waals surface area contributed by atoms with Crippen molar-refractivity contribution in [1.82, 2.24) is 14.5 Å². The molecule has 5 rings (SSSR count). The third kappa shape index (κ3) is 5.97. The Labute approximate surface area is 242 Å². The second kappa shape index (κ2) is 11.9. The fraction of sp³-hybridized carbons (Fsp3) is 0.300. The first-order chi connectivity index (χ1) is 19.2. The third-order valence-corrected chi connectivity index (χ3v) is 9.75. The summed E-state index contributed by atoms with van der Waals surface area (Å²) in [5.74, 6) is -1.67. The molecule has 8 nitrogen and oxygen atoms in total. The summed E-state index contributed by atoms with van der Waals surface area (Å²) in [5.41, 5.74) is 1.66. The Hall–Kier alpha value is -3.50. The fourth-order valence-corrected chi connectivity index (χ4v) is 7.09. The van der Waals surface area contributed by atoms with Crippen molar-refractivity contribution in [3.05, 3.63) is 100 Å². The number of nitrogens with zero attached hydrogens (tertiary/aromatic N) is 2. The van der Waals surface area contributed by atoms with Gasteiger partial charge in [0.15, 0.2) is 0 Å². The van der Waals surface area contributed by atoms with Crippen LogP contribution < -0.4 is 5.32 Å². The zero-order valence-electron chi connectivity index (χ0n) is 21.8. The van der Waals surface area contributed by atoms with Crippen LogP contribution in [0.4, 0.5) is 0 Å². The summed E-state index contributed by atoms with van der Waals surface area (Å²) in [6.07, 6.45) is 4.06. The van der Waals surface area contributed by atoms with Crippen LogP contribution in [0.2, 0.25) is 0 Å². The highest BCUT2D eigenvalue weighted by Crippen LogP contribution is 2.30. The van der Waals surface area contributed by atoms with E-state index in [1.54, 1.807) is 6.07 Å². The lowest BCUT2D eigenvalue weighted by Gasteiger charge is -2.33. The first-order valence-electron chi connectivity index (χ1n) is 13.3. The van der Waals surface area contributed by atoms with Gasteiger partial charge in [0.1, 0.15) is 17.5 Å². The van der Waals surface area contributed by atoms with Gasteiger partial charge in [-0.15, -0.1) is 0 Å². The van der Waals surface area contributed by atoms with E-state index >= 15 is 0 Å². The molecule has 208 valence electrons. The number of hydrogen-bond donors (Lipinski definition) is 1. The predicted octanol–water partition coefficient (Wildman–Crippen LogP) is 4.29. The van der Waals surface area contributed by atoms with Gasteiger partial charge in [-0.05, 0) is 48.2 Å². The van der Waals surface area contributed by atoms with E-state index in [1.165, 1.54) is 23.1 Å².